The first-order chi connectivity index (χ1) is 9.54. The third kappa shape index (κ3) is 5.57. The first-order valence-electron chi connectivity index (χ1n) is 6.84. The van der Waals surface area contributed by atoms with Crippen LogP contribution in [-0.4, -0.2) is 23.0 Å². The molecular weight excluding hydrogens is 274 g/mol. The molecule has 0 saturated heterocycles. The molecule has 20 heavy (non-hydrogen) atoms. The van der Waals surface area contributed by atoms with Crippen molar-refractivity contribution < 1.29 is 14.7 Å². The van der Waals surface area contributed by atoms with Gasteiger partial charge in [-0.05, 0) is 36.4 Å². The highest BCUT2D eigenvalue weighted by atomic mass is 32.1. The Morgan fingerprint density at radius 3 is 2.85 bits per heavy atom. The number of thiophene rings is 1. The molecule has 110 valence electrons. The Hall–Kier alpha value is -1.62. The second-order valence-electron chi connectivity index (χ2n) is 4.75. The van der Waals surface area contributed by atoms with Gasteiger partial charge in [-0.1, -0.05) is 26.2 Å². The van der Waals surface area contributed by atoms with E-state index in [-0.39, 0.29) is 11.9 Å². The summed E-state index contributed by atoms with van der Waals surface area (Å²) in [5.41, 5.74) is 0.649. The van der Waals surface area contributed by atoms with Crippen molar-refractivity contribution in [2.75, 3.05) is 0 Å². The summed E-state index contributed by atoms with van der Waals surface area (Å²) in [5, 5.41) is 13.4. The number of unbranched alkanes of at least 4 members (excludes halogenated alkanes) is 2. The number of carbonyl (C=O) groups excluding carboxylic acids is 1. The molecule has 1 aromatic heterocycles. The molecule has 0 radical (unpaired) electrons. The molecule has 0 spiro atoms. The van der Waals surface area contributed by atoms with Crippen molar-refractivity contribution in [3.05, 3.63) is 28.0 Å². The Labute approximate surface area is 123 Å². The number of aliphatic carboxylic acids is 1. The molecule has 5 heteroatoms. The fraction of sp³-hybridized carbons (Fsp3) is 0.467. The number of hydrogen-bond donors (Lipinski definition) is 2. The largest absolute Gasteiger partial charge is 0.478 e. The van der Waals surface area contributed by atoms with Crippen molar-refractivity contribution >= 4 is 29.3 Å². The van der Waals surface area contributed by atoms with Gasteiger partial charge in [0, 0.05) is 12.1 Å². The molecule has 1 aromatic rings. The average Bonchev–Trinajstić information content (AvgIpc) is 2.85. The molecule has 0 saturated carbocycles. The van der Waals surface area contributed by atoms with E-state index in [2.05, 4.69) is 12.2 Å². The van der Waals surface area contributed by atoms with Crippen LogP contribution in [0.4, 0.5) is 0 Å². The van der Waals surface area contributed by atoms with Gasteiger partial charge in [0.05, 0.1) is 4.88 Å². The molecule has 1 amide bonds. The van der Waals surface area contributed by atoms with E-state index < -0.39 is 5.97 Å². The van der Waals surface area contributed by atoms with Crippen LogP contribution in [0.15, 0.2) is 17.5 Å². The van der Waals surface area contributed by atoms with Crippen LogP contribution >= 0.6 is 11.3 Å². The van der Waals surface area contributed by atoms with Gasteiger partial charge in [-0.3, -0.25) is 4.79 Å². The first kappa shape index (κ1) is 16.4. The summed E-state index contributed by atoms with van der Waals surface area (Å²) in [6, 6.07) is 1.88. The van der Waals surface area contributed by atoms with Crippen LogP contribution in [0.25, 0.3) is 6.08 Å². The van der Waals surface area contributed by atoms with E-state index in [1.165, 1.54) is 23.8 Å². The van der Waals surface area contributed by atoms with Gasteiger partial charge in [0.15, 0.2) is 0 Å². The van der Waals surface area contributed by atoms with E-state index in [1.54, 1.807) is 11.4 Å². The summed E-state index contributed by atoms with van der Waals surface area (Å²) < 4.78 is 0. The van der Waals surface area contributed by atoms with Crippen LogP contribution in [-0.2, 0) is 4.79 Å². The van der Waals surface area contributed by atoms with Gasteiger partial charge < -0.3 is 10.4 Å². The molecule has 1 rings (SSSR count). The van der Waals surface area contributed by atoms with E-state index in [9.17, 15) is 9.59 Å². The summed E-state index contributed by atoms with van der Waals surface area (Å²) in [6.07, 6.45) is 6.90. The van der Waals surface area contributed by atoms with Gasteiger partial charge in [-0.2, -0.15) is 0 Å². The summed E-state index contributed by atoms with van der Waals surface area (Å²) in [6.45, 7) is 4.14. The van der Waals surface area contributed by atoms with Gasteiger partial charge in [0.2, 0.25) is 0 Å². The van der Waals surface area contributed by atoms with Crippen molar-refractivity contribution in [2.45, 2.75) is 45.6 Å². The molecular formula is C15H21NO3S. The number of nitrogens with one attached hydrogen (secondary N) is 1. The predicted molar refractivity (Wildman–Crippen MR) is 82.1 cm³/mol. The zero-order valence-corrected chi connectivity index (χ0v) is 12.7. The lowest BCUT2D eigenvalue weighted by Crippen LogP contribution is -2.32. The Kier molecular flexibility index (Phi) is 7.01. The van der Waals surface area contributed by atoms with Crippen LogP contribution in [0.5, 0.6) is 0 Å². The van der Waals surface area contributed by atoms with Crippen molar-refractivity contribution in [2.24, 2.45) is 0 Å². The maximum atomic E-state index is 12.1. The molecule has 1 atom stereocenters. The zero-order valence-electron chi connectivity index (χ0n) is 11.9. The van der Waals surface area contributed by atoms with E-state index >= 15 is 0 Å². The second kappa shape index (κ2) is 8.53. The minimum absolute atomic E-state index is 0.131. The summed E-state index contributed by atoms with van der Waals surface area (Å²) in [7, 11) is 0. The van der Waals surface area contributed by atoms with Crippen molar-refractivity contribution in [3.63, 3.8) is 0 Å². The molecule has 2 N–H and O–H groups in total. The monoisotopic (exact) mass is 295 g/mol. The maximum Gasteiger partial charge on any atom is 0.328 e. The first-order valence-corrected chi connectivity index (χ1v) is 7.72. The number of carbonyl (C=O) groups is 2. The number of hydrogen-bond acceptors (Lipinski definition) is 3. The lowest BCUT2D eigenvalue weighted by molar-refractivity contribution is -0.131. The Balaban J connectivity index is 2.59. The number of amides is 1. The summed E-state index contributed by atoms with van der Waals surface area (Å²) >= 11 is 1.32. The van der Waals surface area contributed by atoms with Crippen LogP contribution < -0.4 is 5.32 Å². The third-order valence-electron chi connectivity index (χ3n) is 2.93. The fourth-order valence-corrected chi connectivity index (χ4v) is 2.65. The lowest BCUT2D eigenvalue weighted by Gasteiger charge is -2.13. The Morgan fingerprint density at radius 2 is 2.20 bits per heavy atom. The maximum absolute atomic E-state index is 12.1. The predicted octanol–water partition coefficient (Wildman–Crippen LogP) is 3.54. The highest BCUT2D eigenvalue weighted by Crippen LogP contribution is 2.18. The second-order valence-corrected chi connectivity index (χ2v) is 5.66. The highest BCUT2D eigenvalue weighted by molar-refractivity contribution is 7.12. The summed E-state index contributed by atoms with van der Waals surface area (Å²) in [4.78, 5) is 23.2. The van der Waals surface area contributed by atoms with E-state index in [0.717, 1.165) is 25.3 Å². The zero-order chi connectivity index (χ0) is 15.0. The quantitative estimate of drug-likeness (QED) is 0.569. The number of carboxylic acid groups (broad SMARTS) is 1. The van der Waals surface area contributed by atoms with Gasteiger partial charge in [-0.25, -0.2) is 4.79 Å². The fourth-order valence-electron chi connectivity index (χ4n) is 1.86. The van der Waals surface area contributed by atoms with Crippen LogP contribution in [0.2, 0.25) is 0 Å². The van der Waals surface area contributed by atoms with E-state index in [0.29, 0.717) is 10.4 Å². The number of rotatable bonds is 8. The van der Waals surface area contributed by atoms with E-state index in [1.807, 2.05) is 6.92 Å². The minimum Gasteiger partial charge on any atom is -0.478 e. The molecule has 0 aliphatic carbocycles. The molecule has 0 aliphatic rings. The van der Waals surface area contributed by atoms with Gasteiger partial charge in [-0.15, -0.1) is 11.3 Å². The van der Waals surface area contributed by atoms with Gasteiger partial charge in [0.1, 0.15) is 0 Å². The minimum atomic E-state index is -1.02. The van der Waals surface area contributed by atoms with Crippen LogP contribution in [0.3, 0.4) is 0 Å². The molecule has 1 unspecified atom stereocenters. The summed E-state index contributed by atoms with van der Waals surface area (Å²) in [5.74, 6) is -1.15. The van der Waals surface area contributed by atoms with Crippen LogP contribution in [0, 0.1) is 0 Å². The third-order valence-corrected chi connectivity index (χ3v) is 3.85. The molecule has 0 fully saturated rings. The Morgan fingerprint density at radius 1 is 1.45 bits per heavy atom. The number of carboxylic acids is 1. The SMILES string of the molecule is CCCCCC(C)NC(=O)c1sccc1C=CC(=O)O. The standard InChI is InChI=1S/C15H21NO3S/c1-3-4-5-6-11(2)16-15(19)14-12(9-10-20-14)7-8-13(17)18/h7-11H,3-6H2,1-2H3,(H,16,19)(H,17,18). The highest BCUT2D eigenvalue weighted by Gasteiger charge is 2.14. The van der Waals surface area contributed by atoms with Crippen molar-refractivity contribution in [3.8, 4) is 0 Å². The van der Waals surface area contributed by atoms with Crippen molar-refractivity contribution in [1.29, 1.82) is 0 Å². The molecule has 0 aliphatic heterocycles. The normalized spacial score (nSPS) is 12.5. The topological polar surface area (TPSA) is 66.4 Å². The molecule has 0 bridgehead atoms. The van der Waals surface area contributed by atoms with Crippen molar-refractivity contribution in [1.82, 2.24) is 5.32 Å². The average molecular weight is 295 g/mol. The van der Waals surface area contributed by atoms with Gasteiger partial charge in [0.25, 0.3) is 5.91 Å². The van der Waals surface area contributed by atoms with E-state index in [4.69, 9.17) is 5.11 Å². The lowest BCUT2D eigenvalue weighted by atomic mass is 10.1. The molecule has 4 nitrogen and oxygen atoms in total. The molecule has 1 heterocycles. The smallest absolute Gasteiger partial charge is 0.328 e. The van der Waals surface area contributed by atoms with Gasteiger partial charge >= 0.3 is 5.97 Å². The molecule has 0 aromatic carbocycles. The van der Waals surface area contributed by atoms with Crippen LogP contribution in [0.1, 0.15) is 54.8 Å². The Bertz CT molecular complexity index is 479.